The molecule has 0 fully saturated rings. The largest absolute Gasteiger partial charge is 0.495 e. The Balaban J connectivity index is 1.58. The van der Waals surface area contributed by atoms with Crippen molar-refractivity contribution in [3.8, 4) is 5.75 Å². The predicted octanol–water partition coefficient (Wildman–Crippen LogP) is 5.46. The van der Waals surface area contributed by atoms with E-state index < -0.39 is 0 Å². The van der Waals surface area contributed by atoms with Gasteiger partial charge in [0.2, 0.25) is 0 Å². The van der Waals surface area contributed by atoms with E-state index in [1.165, 1.54) is 6.07 Å². The molecule has 0 aliphatic carbocycles. The first-order valence-corrected chi connectivity index (χ1v) is 10.8. The lowest BCUT2D eigenvalue weighted by atomic mass is 10.1. The number of halogens is 1. The fourth-order valence-corrected chi connectivity index (χ4v) is 4.07. The van der Waals surface area contributed by atoms with Crippen LogP contribution in [0.1, 0.15) is 17.0 Å². The highest BCUT2D eigenvalue weighted by atomic mass is 32.1. The molecule has 0 saturated carbocycles. The summed E-state index contributed by atoms with van der Waals surface area (Å²) >= 11 is 5.77. The Bertz CT molecular complexity index is 1230. The fraction of sp³-hybridized carbons (Fsp3) is 0.200. The first-order valence-electron chi connectivity index (χ1n) is 10.4. The minimum atomic E-state index is -0.239. The predicted molar refractivity (Wildman–Crippen MR) is 131 cm³/mol. The maximum Gasteiger partial charge on any atom is 0.173 e. The quantitative estimate of drug-likeness (QED) is 0.368. The topological polar surface area (TPSA) is 53.2 Å². The van der Waals surface area contributed by atoms with Crippen molar-refractivity contribution >= 4 is 33.9 Å². The highest BCUT2D eigenvalue weighted by molar-refractivity contribution is 7.80. The molecule has 0 atom stereocenters. The number of hydrogen-bond donors (Lipinski definition) is 2. The molecule has 4 rings (SSSR count). The molecular weight excluding hydrogens is 423 g/mol. The summed E-state index contributed by atoms with van der Waals surface area (Å²) < 4.78 is 19.3. The molecule has 2 N–H and O–H groups in total. The molecule has 2 aromatic heterocycles. The van der Waals surface area contributed by atoms with Crippen LogP contribution in [0.4, 0.5) is 10.1 Å². The van der Waals surface area contributed by atoms with Gasteiger partial charge in [-0.25, -0.2) is 4.39 Å². The molecule has 164 valence electrons. The van der Waals surface area contributed by atoms with Gasteiger partial charge in [0.1, 0.15) is 11.6 Å². The van der Waals surface area contributed by atoms with Crippen LogP contribution in [0.5, 0.6) is 5.75 Å². The van der Waals surface area contributed by atoms with Crippen LogP contribution in [0, 0.1) is 12.7 Å². The number of methoxy groups -OCH3 is 1. The summed E-state index contributed by atoms with van der Waals surface area (Å²) in [7, 11) is 1.63. The number of aryl methyl sites for hydroxylation is 1. The Morgan fingerprint density at radius 2 is 1.97 bits per heavy atom. The lowest BCUT2D eigenvalue weighted by Crippen LogP contribution is -2.36. The highest BCUT2D eigenvalue weighted by Gasteiger charge is 2.16. The van der Waals surface area contributed by atoms with Gasteiger partial charge < -0.3 is 19.9 Å². The van der Waals surface area contributed by atoms with Crippen LogP contribution >= 0.6 is 12.2 Å². The van der Waals surface area contributed by atoms with Gasteiger partial charge in [-0.2, -0.15) is 0 Å². The standard InChI is InChI=1S/C25H25FN4OS/c1-17-20(21-15-18(26)10-11-22(21)28-17)12-14-30(16-19-7-5-6-13-27-19)25(32)29-23-8-3-4-9-24(23)31-2/h3-11,13,15,28H,12,14,16H2,1-2H3,(H,29,32). The van der Waals surface area contributed by atoms with E-state index in [-0.39, 0.29) is 5.82 Å². The molecular formula is C25H25FN4OS. The zero-order valence-electron chi connectivity index (χ0n) is 18.1. The number of nitrogens with one attached hydrogen (secondary N) is 2. The number of nitrogens with zero attached hydrogens (tertiary/aromatic N) is 2. The average Bonchev–Trinajstić information content (AvgIpc) is 3.11. The van der Waals surface area contributed by atoms with E-state index in [0.717, 1.165) is 39.3 Å². The molecule has 32 heavy (non-hydrogen) atoms. The Morgan fingerprint density at radius 3 is 2.75 bits per heavy atom. The molecule has 7 heteroatoms. The van der Waals surface area contributed by atoms with Crippen molar-refractivity contribution in [3.63, 3.8) is 0 Å². The lowest BCUT2D eigenvalue weighted by molar-refractivity contribution is 0.412. The maximum atomic E-state index is 13.9. The van der Waals surface area contributed by atoms with Gasteiger partial charge >= 0.3 is 0 Å². The number of pyridine rings is 1. The Hall–Kier alpha value is -3.45. The number of aromatic amines is 1. The summed E-state index contributed by atoms with van der Waals surface area (Å²) in [6.45, 7) is 3.21. The normalized spacial score (nSPS) is 10.8. The first kappa shape index (κ1) is 21.8. The second-order valence-corrected chi connectivity index (χ2v) is 7.93. The number of thiocarbonyl (C=S) groups is 1. The van der Waals surface area contributed by atoms with Crippen LogP contribution in [0.3, 0.4) is 0 Å². The third kappa shape index (κ3) is 4.89. The molecule has 0 amide bonds. The van der Waals surface area contributed by atoms with Gasteiger partial charge in [0, 0.05) is 29.3 Å². The number of aromatic nitrogens is 2. The van der Waals surface area contributed by atoms with Crippen LogP contribution in [0.25, 0.3) is 10.9 Å². The molecule has 0 aliphatic heterocycles. The van der Waals surface area contributed by atoms with Crippen LogP contribution in [-0.2, 0) is 13.0 Å². The summed E-state index contributed by atoms with van der Waals surface area (Å²) in [4.78, 5) is 9.88. The number of para-hydroxylation sites is 2. The molecule has 0 bridgehead atoms. The summed E-state index contributed by atoms with van der Waals surface area (Å²) in [5.41, 5.74) is 4.78. The number of anilines is 1. The van der Waals surface area contributed by atoms with E-state index in [9.17, 15) is 4.39 Å². The summed E-state index contributed by atoms with van der Waals surface area (Å²) in [6, 6.07) is 18.3. The first-order chi connectivity index (χ1) is 15.5. The summed E-state index contributed by atoms with van der Waals surface area (Å²) in [5.74, 6) is 0.479. The minimum Gasteiger partial charge on any atom is -0.495 e. The number of rotatable bonds is 7. The van der Waals surface area contributed by atoms with Gasteiger partial charge in [0.25, 0.3) is 0 Å². The maximum absolute atomic E-state index is 13.9. The van der Waals surface area contributed by atoms with E-state index in [0.29, 0.717) is 24.6 Å². The zero-order valence-corrected chi connectivity index (χ0v) is 18.9. The van der Waals surface area contributed by atoms with E-state index in [1.54, 1.807) is 25.4 Å². The van der Waals surface area contributed by atoms with Crippen molar-refractivity contribution in [2.75, 3.05) is 19.0 Å². The van der Waals surface area contributed by atoms with Crippen molar-refractivity contribution < 1.29 is 9.13 Å². The third-order valence-electron chi connectivity index (χ3n) is 5.43. The summed E-state index contributed by atoms with van der Waals surface area (Å²) in [5, 5.41) is 4.79. The highest BCUT2D eigenvalue weighted by Crippen LogP contribution is 2.26. The molecule has 2 aromatic carbocycles. The van der Waals surface area contributed by atoms with E-state index in [2.05, 4.69) is 20.2 Å². The Kier molecular flexibility index (Phi) is 6.66. The van der Waals surface area contributed by atoms with Gasteiger partial charge in [0.05, 0.1) is 25.0 Å². The number of fused-ring (bicyclic) bond motifs is 1. The SMILES string of the molecule is COc1ccccc1NC(=S)N(CCc1c(C)[nH]c2ccc(F)cc12)Cc1ccccn1. The number of ether oxygens (including phenoxy) is 1. The van der Waals surface area contributed by atoms with Crippen molar-refractivity contribution in [2.45, 2.75) is 19.9 Å². The summed E-state index contributed by atoms with van der Waals surface area (Å²) in [6.07, 6.45) is 2.48. The zero-order chi connectivity index (χ0) is 22.5. The van der Waals surface area contributed by atoms with E-state index in [1.807, 2.05) is 49.4 Å². The van der Waals surface area contributed by atoms with Crippen LogP contribution in [-0.4, -0.2) is 33.6 Å². The van der Waals surface area contributed by atoms with E-state index >= 15 is 0 Å². The molecule has 2 heterocycles. The molecule has 5 nitrogen and oxygen atoms in total. The van der Waals surface area contributed by atoms with Crippen molar-refractivity contribution in [1.82, 2.24) is 14.9 Å². The molecule has 0 radical (unpaired) electrons. The van der Waals surface area contributed by atoms with Gasteiger partial charge in [-0.15, -0.1) is 0 Å². The van der Waals surface area contributed by atoms with Crippen molar-refractivity contribution in [1.29, 1.82) is 0 Å². The Morgan fingerprint density at radius 1 is 1.16 bits per heavy atom. The van der Waals surface area contributed by atoms with Gasteiger partial charge in [-0.05, 0) is 73.6 Å². The smallest absolute Gasteiger partial charge is 0.173 e. The van der Waals surface area contributed by atoms with E-state index in [4.69, 9.17) is 17.0 Å². The number of benzene rings is 2. The van der Waals surface area contributed by atoms with Gasteiger partial charge in [-0.1, -0.05) is 18.2 Å². The minimum absolute atomic E-state index is 0.239. The Labute approximate surface area is 192 Å². The second-order valence-electron chi connectivity index (χ2n) is 7.54. The molecule has 0 unspecified atom stereocenters. The third-order valence-corrected chi connectivity index (χ3v) is 5.79. The average molecular weight is 449 g/mol. The van der Waals surface area contributed by atoms with Crippen molar-refractivity contribution in [2.24, 2.45) is 0 Å². The number of hydrogen-bond acceptors (Lipinski definition) is 3. The lowest BCUT2D eigenvalue weighted by Gasteiger charge is -2.26. The monoisotopic (exact) mass is 448 g/mol. The van der Waals surface area contributed by atoms with Crippen LogP contribution in [0.2, 0.25) is 0 Å². The van der Waals surface area contributed by atoms with Crippen LogP contribution in [0.15, 0.2) is 66.9 Å². The second kappa shape index (κ2) is 9.78. The molecule has 0 spiro atoms. The van der Waals surface area contributed by atoms with Gasteiger partial charge in [-0.3, -0.25) is 4.98 Å². The van der Waals surface area contributed by atoms with Crippen molar-refractivity contribution in [3.05, 3.63) is 89.6 Å². The number of H-pyrrole nitrogens is 1. The van der Waals surface area contributed by atoms with Gasteiger partial charge in [0.15, 0.2) is 5.11 Å². The fourth-order valence-electron chi connectivity index (χ4n) is 3.81. The molecule has 4 aromatic rings. The molecule has 0 saturated heterocycles. The molecule has 0 aliphatic rings. The van der Waals surface area contributed by atoms with Crippen LogP contribution < -0.4 is 10.1 Å².